The standard InChI is InChI=1S/C27H35N5O4/c1-19(28-25(33)11-10-20-8-6-5-7-9-20)27-30-29-24-12-13-31(14-15-32(24)27)18-21-16-22(34-2)26(36-4)23(17-21)35-3/h5-9,16-17,19H,10-15,18H2,1-4H3,(H,28,33). The van der Waals surface area contributed by atoms with E-state index in [9.17, 15) is 4.79 Å². The molecule has 1 unspecified atom stereocenters. The van der Waals surface area contributed by atoms with Crippen molar-refractivity contribution in [2.24, 2.45) is 0 Å². The number of hydrogen-bond donors (Lipinski definition) is 1. The Balaban J connectivity index is 1.37. The third kappa shape index (κ3) is 5.96. The van der Waals surface area contributed by atoms with Crippen LogP contribution in [0.25, 0.3) is 0 Å². The summed E-state index contributed by atoms with van der Waals surface area (Å²) in [5.41, 5.74) is 2.24. The molecule has 0 fully saturated rings. The average molecular weight is 494 g/mol. The van der Waals surface area contributed by atoms with E-state index in [1.807, 2.05) is 49.4 Å². The minimum atomic E-state index is -0.212. The van der Waals surface area contributed by atoms with Crippen LogP contribution in [0.4, 0.5) is 0 Å². The van der Waals surface area contributed by atoms with Crippen LogP contribution < -0.4 is 19.5 Å². The van der Waals surface area contributed by atoms with Crippen molar-refractivity contribution in [1.82, 2.24) is 25.0 Å². The summed E-state index contributed by atoms with van der Waals surface area (Å²) >= 11 is 0. The molecule has 192 valence electrons. The van der Waals surface area contributed by atoms with Crippen LogP contribution in [0.5, 0.6) is 17.2 Å². The topological polar surface area (TPSA) is 90.7 Å². The second kappa shape index (κ2) is 11.9. The molecule has 1 atom stereocenters. The molecule has 1 amide bonds. The quantitative estimate of drug-likeness (QED) is 0.464. The first-order valence-corrected chi connectivity index (χ1v) is 12.3. The lowest BCUT2D eigenvalue weighted by atomic mass is 10.1. The number of nitrogens with zero attached hydrogens (tertiary/aromatic N) is 4. The highest BCUT2D eigenvalue weighted by Gasteiger charge is 2.23. The predicted molar refractivity (Wildman–Crippen MR) is 136 cm³/mol. The molecule has 2 heterocycles. The smallest absolute Gasteiger partial charge is 0.220 e. The normalized spacial score (nSPS) is 14.4. The number of amides is 1. The number of aryl methyl sites for hydroxylation is 1. The van der Waals surface area contributed by atoms with E-state index in [1.54, 1.807) is 21.3 Å². The van der Waals surface area contributed by atoms with Gasteiger partial charge >= 0.3 is 0 Å². The van der Waals surface area contributed by atoms with Gasteiger partial charge in [-0.3, -0.25) is 9.69 Å². The van der Waals surface area contributed by atoms with Gasteiger partial charge in [0.15, 0.2) is 17.3 Å². The fraction of sp³-hybridized carbons (Fsp3) is 0.444. The van der Waals surface area contributed by atoms with E-state index in [0.29, 0.717) is 30.1 Å². The van der Waals surface area contributed by atoms with Crippen LogP contribution in [0.3, 0.4) is 0 Å². The van der Waals surface area contributed by atoms with Crippen LogP contribution in [0.15, 0.2) is 42.5 Å². The van der Waals surface area contributed by atoms with Gasteiger partial charge in [0.1, 0.15) is 5.82 Å². The molecule has 36 heavy (non-hydrogen) atoms. The van der Waals surface area contributed by atoms with Crippen LogP contribution in [-0.4, -0.2) is 60.0 Å². The molecule has 9 nitrogen and oxygen atoms in total. The highest BCUT2D eigenvalue weighted by molar-refractivity contribution is 5.76. The van der Waals surface area contributed by atoms with E-state index in [0.717, 1.165) is 55.4 Å². The van der Waals surface area contributed by atoms with E-state index in [2.05, 4.69) is 25.0 Å². The fourth-order valence-corrected chi connectivity index (χ4v) is 4.63. The Hall–Kier alpha value is -3.59. The molecule has 0 saturated heterocycles. The second-order valence-corrected chi connectivity index (χ2v) is 8.96. The molecular formula is C27H35N5O4. The zero-order valence-corrected chi connectivity index (χ0v) is 21.5. The number of rotatable bonds is 10. The van der Waals surface area contributed by atoms with Crippen molar-refractivity contribution >= 4 is 5.91 Å². The van der Waals surface area contributed by atoms with Gasteiger partial charge in [-0.05, 0) is 36.6 Å². The van der Waals surface area contributed by atoms with Gasteiger partial charge in [-0.15, -0.1) is 10.2 Å². The van der Waals surface area contributed by atoms with Crippen LogP contribution in [0, 0.1) is 0 Å². The largest absolute Gasteiger partial charge is 0.493 e. The first-order chi connectivity index (χ1) is 17.5. The molecule has 0 saturated carbocycles. The van der Waals surface area contributed by atoms with Crippen LogP contribution in [0.1, 0.15) is 42.2 Å². The lowest BCUT2D eigenvalue weighted by Crippen LogP contribution is -2.30. The summed E-state index contributed by atoms with van der Waals surface area (Å²) in [6, 6.07) is 13.8. The Morgan fingerprint density at radius 1 is 0.972 bits per heavy atom. The first kappa shape index (κ1) is 25.5. The van der Waals surface area contributed by atoms with Gasteiger partial charge in [0.05, 0.1) is 27.4 Å². The third-order valence-corrected chi connectivity index (χ3v) is 6.53. The summed E-state index contributed by atoms with van der Waals surface area (Å²) in [5.74, 6) is 3.66. The molecule has 2 aromatic carbocycles. The molecule has 3 aromatic rings. The fourth-order valence-electron chi connectivity index (χ4n) is 4.63. The summed E-state index contributed by atoms with van der Waals surface area (Å²) in [6.45, 7) is 5.16. The maximum Gasteiger partial charge on any atom is 0.220 e. The van der Waals surface area contributed by atoms with Crippen molar-refractivity contribution in [3.05, 3.63) is 65.2 Å². The number of carbonyl (C=O) groups excluding carboxylic acids is 1. The summed E-state index contributed by atoms with van der Waals surface area (Å²) < 4.78 is 18.6. The number of nitrogens with one attached hydrogen (secondary N) is 1. The lowest BCUT2D eigenvalue weighted by molar-refractivity contribution is -0.121. The van der Waals surface area contributed by atoms with Gasteiger partial charge in [0.2, 0.25) is 11.7 Å². The minimum absolute atomic E-state index is 0.0151. The number of methoxy groups -OCH3 is 3. The highest BCUT2D eigenvalue weighted by Crippen LogP contribution is 2.38. The monoisotopic (exact) mass is 493 g/mol. The molecule has 0 aliphatic carbocycles. The maximum atomic E-state index is 12.6. The zero-order chi connectivity index (χ0) is 25.5. The zero-order valence-electron chi connectivity index (χ0n) is 21.5. The molecule has 1 aliphatic heterocycles. The van der Waals surface area contributed by atoms with Gasteiger partial charge in [-0.2, -0.15) is 0 Å². The van der Waals surface area contributed by atoms with Crippen molar-refractivity contribution in [3.63, 3.8) is 0 Å². The van der Waals surface area contributed by atoms with E-state index < -0.39 is 0 Å². The minimum Gasteiger partial charge on any atom is -0.493 e. The summed E-state index contributed by atoms with van der Waals surface area (Å²) in [5, 5.41) is 11.9. The molecule has 1 aromatic heterocycles. The Kier molecular flexibility index (Phi) is 8.43. The average Bonchev–Trinajstić information content (AvgIpc) is 3.21. The molecule has 1 aliphatic rings. The molecule has 0 spiro atoms. The Morgan fingerprint density at radius 3 is 2.36 bits per heavy atom. The van der Waals surface area contributed by atoms with Crippen LogP contribution >= 0.6 is 0 Å². The molecule has 4 rings (SSSR count). The molecule has 9 heteroatoms. The van der Waals surface area contributed by atoms with E-state index in [4.69, 9.17) is 14.2 Å². The van der Waals surface area contributed by atoms with Crippen LogP contribution in [0.2, 0.25) is 0 Å². The van der Waals surface area contributed by atoms with Gasteiger partial charge in [-0.25, -0.2) is 0 Å². The first-order valence-electron chi connectivity index (χ1n) is 12.3. The SMILES string of the molecule is COc1cc(CN2CCc3nnc(C(C)NC(=O)CCc4ccccc4)n3CC2)cc(OC)c1OC. The van der Waals surface area contributed by atoms with Crippen molar-refractivity contribution in [3.8, 4) is 17.2 Å². The van der Waals surface area contributed by atoms with Crippen molar-refractivity contribution < 1.29 is 19.0 Å². The Labute approximate surface area is 212 Å². The number of ether oxygens (including phenoxy) is 3. The third-order valence-electron chi connectivity index (χ3n) is 6.53. The maximum absolute atomic E-state index is 12.6. The Bertz CT molecular complexity index is 1140. The second-order valence-electron chi connectivity index (χ2n) is 8.96. The van der Waals surface area contributed by atoms with E-state index in [1.165, 1.54) is 0 Å². The van der Waals surface area contributed by atoms with Gasteiger partial charge < -0.3 is 24.1 Å². The lowest BCUT2D eigenvalue weighted by Gasteiger charge is -2.21. The van der Waals surface area contributed by atoms with E-state index in [-0.39, 0.29) is 11.9 Å². The number of carbonyl (C=O) groups is 1. The van der Waals surface area contributed by atoms with Gasteiger partial charge in [0.25, 0.3) is 0 Å². The number of hydrogen-bond acceptors (Lipinski definition) is 7. The van der Waals surface area contributed by atoms with Crippen LogP contribution in [-0.2, 0) is 30.7 Å². The Morgan fingerprint density at radius 2 is 1.69 bits per heavy atom. The van der Waals surface area contributed by atoms with Gasteiger partial charge in [-0.1, -0.05) is 30.3 Å². The predicted octanol–water partition coefficient (Wildman–Crippen LogP) is 3.17. The van der Waals surface area contributed by atoms with E-state index >= 15 is 0 Å². The molecule has 0 bridgehead atoms. The van der Waals surface area contributed by atoms with Crippen molar-refractivity contribution in [1.29, 1.82) is 0 Å². The molecule has 1 N–H and O–H groups in total. The summed E-state index contributed by atoms with van der Waals surface area (Å²) in [4.78, 5) is 14.9. The highest BCUT2D eigenvalue weighted by atomic mass is 16.5. The van der Waals surface area contributed by atoms with Crippen molar-refractivity contribution in [2.45, 2.75) is 45.3 Å². The molecular weight excluding hydrogens is 458 g/mol. The summed E-state index contributed by atoms with van der Waals surface area (Å²) in [7, 11) is 4.86. The number of fused-ring (bicyclic) bond motifs is 1. The van der Waals surface area contributed by atoms with Crippen molar-refractivity contribution in [2.75, 3.05) is 34.4 Å². The van der Waals surface area contributed by atoms with Gasteiger partial charge in [0, 0.05) is 39.0 Å². The summed E-state index contributed by atoms with van der Waals surface area (Å²) in [6.07, 6.45) is 1.94. The number of aromatic nitrogens is 3. The number of benzene rings is 2. The molecule has 0 radical (unpaired) electrons.